The highest BCUT2D eigenvalue weighted by atomic mass is 19.4. The van der Waals surface area contributed by atoms with Gasteiger partial charge in [-0.2, -0.15) is 13.2 Å². The van der Waals surface area contributed by atoms with Crippen molar-refractivity contribution in [2.24, 2.45) is 0 Å². The Hall–Kier alpha value is -1.83. The Morgan fingerprint density at radius 3 is 2.56 bits per heavy atom. The molecule has 0 saturated heterocycles. The number of esters is 1. The van der Waals surface area contributed by atoms with Gasteiger partial charge < -0.3 is 15.2 Å². The Labute approximate surface area is 99.3 Å². The lowest BCUT2D eigenvalue weighted by Gasteiger charge is -2.08. The van der Waals surface area contributed by atoms with Crippen molar-refractivity contribution in [1.29, 1.82) is 0 Å². The van der Waals surface area contributed by atoms with E-state index in [-0.39, 0.29) is 11.3 Å². The molecular formula is C10H9F4NO3. The van der Waals surface area contributed by atoms with Crippen LogP contribution < -0.4 is 5.73 Å². The minimum atomic E-state index is -4.49. The second-order valence-corrected chi connectivity index (χ2v) is 3.25. The average molecular weight is 267 g/mol. The number of hydrogen-bond acceptors (Lipinski definition) is 4. The Morgan fingerprint density at radius 1 is 1.33 bits per heavy atom. The normalized spacial score (nSPS) is 11.3. The molecule has 0 aliphatic carbocycles. The summed E-state index contributed by atoms with van der Waals surface area (Å²) in [5, 5.41) is 0. The van der Waals surface area contributed by atoms with E-state index < -0.39 is 31.4 Å². The maximum atomic E-state index is 12.8. The minimum absolute atomic E-state index is 0.0792. The molecule has 4 nitrogen and oxygen atoms in total. The number of halogens is 4. The van der Waals surface area contributed by atoms with Gasteiger partial charge in [0, 0.05) is 0 Å². The van der Waals surface area contributed by atoms with E-state index in [2.05, 4.69) is 9.47 Å². The third kappa shape index (κ3) is 4.58. The zero-order chi connectivity index (χ0) is 13.8. The maximum Gasteiger partial charge on any atom is 0.411 e. The molecule has 0 saturated carbocycles. The predicted octanol–water partition coefficient (Wildman–Crippen LogP) is 2.10. The Kier molecular flexibility index (Phi) is 4.49. The van der Waals surface area contributed by atoms with Gasteiger partial charge in [-0.1, -0.05) is 0 Å². The van der Waals surface area contributed by atoms with Gasteiger partial charge in [-0.3, -0.25) is 0 Å². The number of alkyl halides is 3. The molecule has 1 aromatic carbocycles. The summed E-state index contributed by atoms with van der Waals surface area (Å²) in [5.74, 6) is -1.66. The SMILES string of the molecule is Nc1cc(C(=O)OCOCC(F)(F)F)ccc1F. The molecule has 100 valence electrons. The molecule has 1 aromatic rings. The smallest absolute Gasteiger partial charge is 0.411 e. The Balaban J connectivity index is 2.43. The fourth-order valence-corrected chi connectivity index (χ4v) is 1.01. The van der Waals surface area contributed by atoms with Gasteiger partial charge in [0.15, 0.2) is 6.79 Å². The van der Waals surface area contributed by atoms with Crippen molar-refractivity contribution in [2.45, 2.75) is 6.18 Å². The number of nitrogens with two attached hydrogens (primary N) is 1. The number of hydrogen-bond donors (Lipinski definition) is 1. The largest absolute Gasteiger partial charge is 0.435 e. The quantitative estimate of drug-likeness (QED) is 0.298. The van der Waals surface area contributed by atoms with Crippen LogP contribution in [0.25, 0.3) is 0 Å². The van der Waals surface area contributed by atoms with E-state index in [1.54, 1.807) is 0 Å². The number of anilines is 1. The zero-order valence-electron chi connectivity index (χ0n) is 8.96. The first kappa shape index (κ1) is 14.2. The van der Waals surface area contributed by atoms with Crippen LogP contribution in [0.2, 0.25) is 0 Å². The topological polar surface area (TPSA) is 61.6 Å². The van der Waals surface area contributed by atoms with Crippen molar-refractivity contribution in [3.63, 3.8) is 0 Å². The van der Waals surface area contributed by atoms with Crippen LogP contribution in [0.15, 0.2) is 18.2 Å². The molecule has 0 unspecified atom stereocenters. The number of carbonyl (C=O) groups is 1. The van der Waals surface area contributed by atoms with Gasteiger partial charge in [0.1, 0.15) is 12.4 Å². The monoisotopic (exact) mass is 267 g/mol. The van der Waals surface area contributed by atoms with Crippen LogP contribution in [-0.4, -0.2) is 25.5 Å². The van der Waals surface area contributed by atoms with Crippen LogP contribution in [0.4, 0.5) is 23.2 Å². The molecule has 0 heterocycles. The lowest BCUT2D eigenvalue weighted by atomic mass is 10.2. The van der Waals surface area contributed by atoms with Crippen molar-refractivity contribution >= 4 is 11.7 Å². The molecular weight excluding hydrogens is 258 g/mol. The van der Waals surface area contributed by atoms with E-state index in [9.17, 15) is 22.4 Å². The molecule has 2 N–H and O–H groups in total. The third-order valence-electron chi connectivity index (χ3n) is 1.77. The van der Waals surface area contributed by atoms with E-state index in [1.165, 1.54) is 0 Å². The molecule has 0 aromatic heterocycles. The molecule has 8 heteroatoms. The summed E-state index contributed by atoms with van der Waals surface area (Å²) >= 11 is 0. The predicted molar refractivity (Wildman–Crippen MR) is 53.1 cm³/mol. The summed E-state index contributed by atoms with van der Waals surface area (Å²) in [7, 11) is 0. The van der Waals surface area contributed by atoms with Crippen LogP contribution >= 0.6 is 0 Å². The number of carbonyl (C=O) groups excluding carboxylic acids is 1. The summed E-state index contributed by atoms with van der Waals surface area (Å²) in [6.45, 7) is -2.37. The van der Waals surface area contributed by atoms with E-state index in [1.807, 2.05) is 0 Å². The molecule has 18 heavy (non-hydrogen) atoms. The van der Waals surface area contributed by atoms with E-state index in [0.717, 1.165) is 18.2 Å². The summed E-state index contributed by atoms with van der Waals surface area (Å²) in [6.07, 6.45) is -4.49. The minimum Gasteiger partial charge on any atom is -0.435 e. The van der Waals surface area contributed by atoms with Crippen LogP contribution in [0.3, 0.4) is 0 Å². The lowest BCUT2D eigenvalue weighted by Crippen LogP contribution is -2.19. The standard InChI is InChI=1S/C10H9F4NO3/c11-7-2-1-6(3-8(7)15)9(16)18-5-17-4-10(12,13)14/h1-3H,4-5,15H2. The van der Waals surface area contributed by atoms with Gasteiger partial charge >= 0.3 is 12.1 Å². The zero-order valence-corrected chi connectivity index (χ0v) is 8.96. The van der Waals surface area contributed by atoms with Crippen LogP contribution in [0.1, 0.15) is 10.4 Å². The summed E-state index contributed by atoms with van der Waals surface area (Å²) in [5.41, 5.74) is 4.87. The number of ether oxygens (including phenoxy) is 2. The molecule has 0 bridgehead atoms. The molecule has 0 aliphatic heterocycles. The van der Waals surface area contributed by atoms with Crippen molar-refractivity contribution in [2.75, 3.05) is 19.1 Å². The first-order chi connectivity index (χ1) is 8.29. The van der Waals surface area contributed by atoms with Gasteiger partial charge in [-0.15, -0.1) is 0 Å². The second-order valence-electron chi connectivity index (χ2n) is 3.25. The van der Waals surface area contributed by atoms with Gasteiger partial charge in [0.25, 0.3) is 0 Å². The molecule has 1 rings (SSSR count). The van der Waals surface area contributed by atoms with Gasteiger partial charge in [-0.25, -0.2) is 9.18 Å². The first-order valence-corrected chi connectivity index (χ1v) is 4.66. The fourth-order valence-electron chi connectivity index (χ4n) is 1.01. The number of benzene rings is 1. The first-order valence-electron chi connectivity index (χ1n) is 4.66. The van der Waals surface area contributed by atoms with Gasteiger partial charge in [-0.05, 0) is 18.2 Å². The molecule has 0 radical (unpaired) electrons. The third-order valence-corrected chi connectivity index (χ3v) is 1.77. The summed E-state index contributed by atoms with van der Waals surface area (Å²) in [6, 6.07) is 3.06. The number of nitrogen functional groups attached to an aromatic ring is 1. The van der Waals surface area contributed by atoms with Crippen molar-refractivity contribution in [3.8, 4) is 0 Å². The van der Waals surface area contributed by atoms with E-state index in [4.69, 9.17) is 5.73 Å². The second kappa shape index (κ2) is 5.67. The average Bonchev–Trinajstić information content (AvgIpc) is 2.26. The molecule has 0 amide bonds. The van der Waals surface area contributed by atoms with Crippen LogP contribution in [0, 0.1) is 5.82 Å². The van der Waals surface area contributed by atoms with Gasteiger partial charge in [0.05, 0.1) is 11.3 Å². The highest BCUT2D eigenvalue weighted by Gasteiger charge is 2.27. The Bertz CT molecular complexity index is 434. The fraction of sp³-hybridized carbons (Fsp3) is 0.300. The van der Waals surface area contributed by atoms with Crippen molar-refractivity contribution in [1.82, 2.24) is 0 Å². The molecule has 0 spiro atoms. The molecule has 0 atom stereocenters. The highest BCUT2D eigenvalue weighted by molar-refractivity contribution is 5.90. The Morgan fingerprint density at radius 2 is 2.00 bits per heavy atom. The summed E-state index contributed by atoms with van der Waals surface area (Å²) in [4.78, 5) is 11.3. The van der Waals surface area contributed by atoms with Gasteiger partial charge in [0.2, 0.25) is 0 Å². The lowest BCUT2D eigenvalue weighted by molar-refractivity contribution is -0.190. The maximum absolute atomic E-state index is 12.8. The molecule has 0 aliphatic rings. The molecule has 0 fully saturated rings. The van der Waals surface area contributed by atoms with E-state index in [0.29, 0.717) is 0 Å². The van der Waals surface area contributed by atoms with Crippen molar-refractivity contribution in [3.05, 3.63) is 29.6 Å². The van der Waals surface area contributed by atoms with Crippen molar-refractivity contribution < 1.29 is 31.8 Å². The highest BCUT2D eigenvalue weighted by Crippen LogP contribution is 2.15. The van der Waals surface area contributed by atoms with Crippen LogP contribution in [0.5, 0.6) is 0 Å². The summed E-state index contributed by atoms with van der Waals surface area (Å²) < 4.78 is 56.3. The van der Waals surface area contributed by atoms with E-state index >= 15 is 0 Å². The van der Waals surface area contributed by atoms with Crippen LogP contribution in [-0.2, 0) is 9.47 Å². The number of rotatable bonds is 4.